The molecule has 0 bridgehead atoms. The van der Waals surface area contributed by atoms with Crippen LogP contribution in [-0.2, 0) is 4.79 Å². The highest BCUT2D eigenvalue weighted by molar-refractivity contribution is 6.31. The number of likely N-dealkylation sites (tertiary alicyclic amines) is 1. The molecular formula is C13H19ClN4O. The van der Waals surface area contributed by atoms with Crippen LogP contribution in [0.1, 0.15) is 26.2 Å². The molecule has 6 heteroatoms. The maximum atomic E-state index is 11.8. The van der Waals surface area contributed by atoms with E-state index in [0.29, 0.717) is 17.5 Å². The Balaban J connectivity index is 2.00. The molecule has 1 aliphatic rings. The average molecular weight is 283 g/mol. The molecule has 0 saturated carbocycles. The number of anilines is 1. The topological polar surface area (TPSA) is 58.1 Å². The standard InChI is InChI=1S/C13H19ClN4O/c1-10(19)11(9-18-7-3-2-4-8-18)17-13-12(14)15-5-6-16-13/h5-6,11H,2-4,7-9H2,1H3,(H,16,17). The highest BCUT2D eigenvalue weighted by atomic mass is 35.5. The summed E-state index contributed by atoms with van der Waals surface area (Å²) in [5.41, 5.74) is 0. The summed E-state index contributed by atoms with van der Waals surface area (Å²) in [4.78, 5) is 22.1. The number of halogens is 1. The number of nitrogens with one attached hydrogen (secondary N) is 1. The Hall–Kier alpha value is -1.20. The zero-order valence-corrected chi connectivity index (χ0v) is 11.9. The van der Waals surface area contributed by atoms with E-state index in [4.69, 9.17) is 11.6 Å². The number of hydrogen-bond acceptors (Lipinski definition) is 5. The van der Waals surface area contributed by atoms with Crippen molar-refractivity contribution in [3.63, 3.8) is 0 Å². The second-order valence-electron chi connectivity index (χ2n) is 4.86. The van der Waals surface area contributed by atoms with E-state index in [9.17, 15) is 4.79 Å². The molecule has 0 amide bonds. The van der Waals surface area contributed by atoms with Crippen molar-refractivity contribution < 1.29 is 4.79 Å². The van der Waals surface area contributed by atoms with E-state index in [0.717, 1.165) is 13.1 Å². The van der Waals surface area contributed by atoms with Crippen molar-refractivity contribution in [1.82, 2.24) is 14.9 Å². The molecule has 0 spiro atoms. The minimum atomic E-state index is -0.285. The predicted octanol–water partition coefficient (Wildman–Crippen LogP) is 1.99. The summed E-state index contributed by atoms with van der Waals surface area (Å²) in [7, 11) is 0. The van der Waals surface area contributed by atoms with Gasteiger partial charge in [0.1, 0.15) is 0 Å². The van der Waals surface area contributed by atoms with E-state index in [1.54, 1.807) is 13.1 Å². The highest BCUT2D eigenvalue weighted by Crippen LogP contribution is 2.17. The number of carbonyl (C=O) groups excluding carboxylic acids is 1. The smallest absolute Gasteiger partial charge is 0.171 e. The zero-order valence-electron chi connectivity index (χ0n) is 11.1. The summed E-state index contributed by atoms with van der Waals surface area (Å²) < 4.78 is 0. The van der Waals surface area contributed by atoms with Gasteiger partial charge in [-0.25, -0.2) is 9.97 Å². The third kappa shape index (κ3) is 4.14. The third-order valence-electron chi connectivity index (χ3n) is 3.34. The van der Waals surface area contributed by atoms with Crippen molar-refractivity contribution in [2.24, 2.45) is 0 Å². The monoisotopic (exact) mass is 282 g/mol. The number of Topliss-reactive ketones (excluding diaryl/α,β-unsaturated/α-hetero) is 1. The fraction of sp³-hybridized carbons (Fsp3) is 0.615. The lowest BCUT2D eigenvalue weighted by atomic mass is 10.1. The molecule has 104 valence electrons. The van der Waals surface area contributed by atoms with Crippen LogP contribution in [0.15, 0.2) is 12.4 Å². The molecule has 1 N–H and O–H groups in total. The van der Waals surface area contributed by atoms with Crippen molar-refractivity contribution in [2.75, 3.05) is 25.0 Å². The Morgan fingerprint density at radius 1 is 1.37 bits per heavy atom. The van der Waals surface area contributed by atoms with Gasteiger partial charge in [0.05, 0.1) is 6.04 Å². The SMILES string of the molecule is CC(=O)C(CN1CCCCC1)Nc1nccnc1Cl. The number of rotatable bonds is 5. The maximum Gasteiger partial charge on any atom is 0.171 e. The molecule has 1 atom stereocenters. The predicted molar refractivity (Wildman–Crippen MR) is 75.4 cm³/mol. The van der Waals surface area contributed by atoms with Crippen molar-refractivity contribution >= 4 is 23.2 Å². The summed E-state index contributed by atoms with van der Waals surface area (Å²) in [6, 6.07) is -0.285. The first-order valence-electron chi connectivity index (χ1n) is 6.62. The number of aromatic nitrogens is 2. The minimum absolute atomic E-state index is 0.0901. The van der Waals surface area contributed by atoms with Gasteiger partial charge in [0.15, 0.2) is 16.8 Å². The quantitative estimate of drug-likeness (QED) is 0.895. The van der Waals surface area contributed by atoms with Gasteiger partial charge in [-0.05, 0) is 32.9 Å². The minimum Gasteiger partial charge on any atom is -0.356 e. The van der Waals surface area contributed by atoms with Gasteiger partial charge in [0, 0.05) is 18.9 Å². The zero-order chi connectivity index (χ0) is 13.7. The van der Waals surface area contributed by atoms with E-state index in [-0.39, 0.29) is 11.8 Å². The Bertz CT molecular complexity index is 434. The molecule has 2 rings (SSSR count). The summed E-state index contributed by atoms with van der Waals surface area (Å²) in [5.74, 6) is 0.564. The second kappa shape index (κ2) is 6.82. The molecule has 1 aromatic heterocycles. The summed E-state index contributed by atoms with van der Waals surface area (Å²) in [6.07, 6.45) is 6.78. The molecule has 19 heavy (non-hydrogen) atoms. The summed E-state index contributed by atoms with van der Waals surface area (Å²) in [6.45, 7) is 4.40. The molecule has 5 nitrogen and oxygen atoms in total. The molecule has 0 aromatic carbocycles. The van der Waals surface area contributed by atoms with Gasteiger partial charge < -0.3 is 10.2 Å². The van der Waals surface area contributed by atoms with Gasteiger partial charge in [-0.1, -0.05) is 18.0 Å². The molecule has 0 radical (unpaired) electrons. The molecule has 1 unspecified atom stereocenters. The number of hydrogen-bond donors (Lipinski definition) is 1. The van der Waals surface area contributed by atoms with Crippen LogP contribution in [0.3, 0.4) is 0 Å². The van der Waals surface area contributed by atoms with Crippen LogP contribution in [0.5, 0.6) is 0 Å². The molecule has 1 fully saturated rings. The van der Waals surface area contributed by atoms with E-state index in [1.807, 2.05) is 0 Å². The van der Waals surface area contributed by atoms with Crippen molar-refractivity contribution in [3.05, 3.63) is 17.5 Å². The van der Waals surface area contributed by atoms with Gasteiger partial charge >= 0.3 is 0 Å². The van der Waals surface area contributed by atoms with Gasteiger partial charge in [0.2, 0.25) is 0 Å². The first-order valence-corrected chi connectivity index (χ1v) is 7.00. The van der Waals surface area contributed by atoms with Crippen LogP contribution >= 0.6 is 11.6 Å². The number of carbonyl (C=O) groups is 1. The summed E-state index contributed by atoms with van der Waals surface area (Å²) >= 11 is 5.95. The third-order valence-corrected chi connectivity index (χ3v) is 3.62. The largest absolute Gasteiger partial charge is 0.356 e. The second-order valence-corrected chi connectivity index (χ2v) is 5.22. The van der Waals surface area contributed by atoms with Crippen LogP contribution in [0.25, 0.3) is 0 Å². The molecule has 1 aromatic rings. The van der Waals surface area contributed by atoms with Crippen molar-refractivity contribution in [3.8, 4) is 0 Å². The van der Waals surface area contributed by atoms with Crippen LogP contribution in [-0.4, -0.2) is 46.3 Å². The van der Waals surface area contributed by atoms with Crippen LogP contribution in [0, 0.1) is 0 Å². The summed E-state index contributed by atoms with van der Waals surface area (Å²) in [5, 5.41) is 3.40. The number of nitrogens with zero attached hydrogens (tertiary/aromatic N) is 3. The van der Waals surface area contributed by atoms with E-state index in [1.165, 1.54) is 25.5 Å². The first-order chi connectivity index (χ1) is 9.16. The van der Waals surface area contributed by atoms with Crippen LogP contribution in [0.2, 0.25) is 5.15 Å². The van der Waals surface area contributed by atoms with Gasteiger partial charge in [-0.2, -0.15) is 0 Å². The molecule has 1 saturated heterocycles. The Morgan fingerprint density at radius 3 is 2.68 bits per heavy atom. The number of piperidine rings is 1. The van der Waals surface area contributed by atoms with E-state index >= 15 is 0 Å². The Morgan fingerprint density at radius 2 is 2.05 bits per heavy atom. The first kappa shape index (κ1) is 14.2. The fourth-order valence-electron chi connectivity index (χ4n) is 2.26. The van der Waals surface area contributed by atoms with Gasteiger partial charge in [-0.3, -0.25) is 4.79 Å². The van der Waals surface area contributed by atoms with Crippen LogP contribution < -0.4 is 5.32 Å². The molecular weight excluding hydrogens is 264 g/mol. The lowest BCUT2D eigenvalue weighted by molar-refractivity contribution is -0.118. The normalized spacial score (nSPS) is 18.0. The lowest BCUT2D eigenvalue weighted by Crippen LogP contribution is -2.43. The van der Waals surface area contributed by atoms with Crippen LogP contribution in [0.4, 0.5) is 5.82 Å². The van der Waals surface area contributed by atoms with Gasteiger partial charge in [-0.15, -0.1) is 0 Å². The van der Waals surface area contributed by atoms with Gasteiger partial charge in [0.25, 0.3) is 0 Å². The molecule has 1 aliphatic heterocycles. The molecule has 0 aliphatic carbocycles. The Kier molecular flexibility index (Phi) is 5.10. The highest BCUT2D eigenvalue weighted by Gasteiger charge is 2.21. The number of ketones is 1. The van der Waals surface area contributed by atoms with E-state index in [2.05, 4.69) is 20.2 Å². The Labute approximate surface area is 118 Å². The van der Waals surface area contributed by atoms with Crippen molar-refractivity contribution in [2.45, 2.75) is 32.2 Å². The lowest BCUT2D eigenvalue weighted by Gasteiger charge is -2.30. The average Bonchev–Trinajstić information content (AvgIpc) is 2.41. The van der Waals surface area contributed by atoms with Crippen molar-refractivity contribution in [1.29, 1.82) is 0 Å². The van der Waals surface area contributed by atoms with E-state index < -0.39 is 0 Å². The fourth-order valence-corrected chi connectivity index (χ4v) is 2.42. The maximum absolute atomic E-state index is 11.8. The molecule has 2 heterocycles.